The molecule has 0 fully saturated rings. The summed E-state index contributed by atoms with van der Waals surface area (Å²) >= 11 is 0. The summed E-state index contributed by atoms with van der Waals surface area (Å²) in [6.07, 6.45) is 0. The lowest BCUT2D eigenvalue weighted by atomic mass is 9.97. The Balaban J connectivity index is 3.22. The molecule has 0 amide bonds. The first-order valence-electron chi connectivity index (χ1n) is 5.07. The topological polar surface area (TPSA) is 29.5 Å². The maximum Gasteiger partial charge on any atom is 0.274 e. The van der Waals surface area contributed by atoms with Crippen molar-refractivity contribution in [3.63, 3.8) is 0 Å². The maximum absolute atomic E-state index is 13.3. The van der Waals surface area contributed by atoms with Crippen LogP contribution in [0.3, 0.4) is 0 Å². The van der Waals surface area contributed by atoms with Crippen molar-refractivity contribution < 1.29 is 18.6 Å². The van der Waals surface area contributed by atoms with Gasteiger partial charge in [0.05, 0.1) is 12.7 Å². The predicted molar refractivity (Wildman–Crippen MR) is 58.1 cm³/mol. The Hall–Kier alpha value is -1.16. The molecule has 1 rings (SSSR count). The highest BCUT2D eigenvalue weighted by Gasteiger charge is 2.29. The van der Waals surface area contributed by atoms with E-state index < -0.39 is 5.92 Å². The van der Waals surface area contributed by atoms with Gasteiger partial charge in [-0.25, -0.2) is 8.78 Å². The second-order valence-corrected chi connectivity index (χ2v) is 3.93. The summed E-state index contributed by atoms with van der Waals surface area (Å²) in [6, 6.07) is 4.59. The Morgan fingerprint density at radius 3 is 2.50 bits per heavy atom. The molecule has 0 bridgehead atoms. The zero-order chi connectivity index (χ0) is 12.3. The number of aliphatic hydroxyl groups excluding tert-OH is 1. The van der Waals surface area contributed by atoms with E-state index in [0.29, 0.717) is 5.56 Å². The smallest absolute Gasteiger partial charge is 0.274 e. The van der Waals surface area contributed by atoms with Crippen molar-refractivity contribution in [1.29, 1.82) is 0 Å². The van der Waals surface area contributed by atoms with Gasteiger partial charge in [0, 0.05) is 19.4 Å². The van der Waals surface area contributed by atoms with E-state index in [0.717, 1.165) is 6.92 Å². The second kappa shape index (κ2) is 4.78. The molecule has 1 N–H and O–H groups in total. The normalized spacial score (nSPS) is 13.6. The molecular weight excluding hydrogens is 214 g/mol. The first-order chi connectivity index (χ1) is 7.40. The molecule has 1 atom stereocenters. The summed E-state index contributed by atoms with van der Waals surface area (Å²) in [6.45, 7) is 2.54. The number of alkyl halides is 2. The third-order valence-corrected chi connectivity index (χ3v) is 2.54. The van der Waals surface area contributed by atoms with Crippen molar-refractivity contribution in [1.82, 2.24) is 0 Å². The van der Waals surface area contributed by atoms with E-state index in [1.165, 1.54) is 19.2 Å². The molecule has 0 aromatic heterocycles. The van der Waals surface area contributed by atoms with Crippen LogP contribution in [0.1, 0.15) is 30.9 Å². The summed E-state index contributed by atoms with van der Waals surface area (Å²) in [5, 5.41) is 8.99. The van der Waals surface area contributed by atoms with E-state index in [2.05, 4.69) is 0 Å². The fraction of sp³-hybridized carbons (Fsp3) is 0.500. The second-order valence-electron chi connectivity index (χ2n) is 3.93. The highest BCUT2D eigenvalue weighted by atomic mass is 19.3. The molecule has 0 saturated carbocycles. The van der Waals surface area contributed by atoms with Gasteiger partial charge in [-0.2, -0.15) is 0 Å². The van der Waals surface area contributed by atoms with Gasteiger partial charge < -0.3 is 9.84 Å². The Morgan fingerprint density at radius 2 is 2.06 bits per heavy atom. The van der Waals surface area contributed by atoms with Crippen LogP contribution in [0.5, 0.6) is 5.75 Å². The number of halogens is 2. The number of aliphatic hydroxyl groups is 1. The van der Waals surface area contributed by atoms with Crippen LogP contribution in [0.25, 0.3) is 0 Å². The van der Waals surface area contributed by atoms with E-state index in [-0.39, 0.29) is 23.8 Å². The number of ether oxygens (including phenoxy) is 1. The lowest BCUT2D eigenvalue weighted by Gasteiger charge is -2.18. The Morgan fingerprint density at radius 1 is 1.44 bits per heavy atom. The van der Waals surface area contributed by atoms with Crippen LogP contribution in [-0.4, -0.2) is 18.8 Å². The van der Waals surface area contributed by atoms with Gasteiger partial charge in [-0.05, 0) is 17.7 Å². The van der Waals surface area contributed by atoms with E-state index in [4.69, 9.17) is 9.84 Å². The van der Waals surface area contributed by atoms with Crippen LogP contribution >= 0.6 is 0 Å². The molecule has 2 nitrogen and oxygen atoms in total. The molecule has 0 radical (unpaired) electrons. The number of methoxy groups -OCH3 is 1. The molecule has 1 aromatic rings. The van der Waals surface area contributed by atoms with E-state index in [1.807, 2.05) is 0 Å². The summed E-state index contributed by atoms with van der Waals surface area (Å²) in [4.78, 5) is 0. The zero-order valence-corrected chi connectivity index (χ0v) is 9.63. The van der Waals surface area contributed by atoms with Gasteiger partial charge in [-0.1, -0.05) is 13.0 Å². The van der Waals surface area contributed by atoms with E-state index >= 15 is 0 Å². The molecule has 0 aliphatic heterocycles. The molecule has 90 valence electrons. The van der Waals surface area contributed by atoms with Crippen LogP contribution in [0.2, 0.25) is 0 Å². The van der Waals surface area contributed by atoms with Gasteiger partial charge in [0.2, 0.25) is 0 Å². The van der Waals surface area contributed by atoms with Crippen LogP contribution in [0, 0.1) is 0 Å². The standard InChI is InChI=1S/C12H16F2O2/c1-8(7-15)9-4-5-11(16-3)10(6-9)12(2,13)14/h4-6,8,15H,7H2,1-3H3. The third-order valence-electron chi connectivity index (χ3n) is 2.54. The fourth-order valence-corrected chi connectivity index (χ4v) is 1.48. The quantitative estimate of drug-likeness (QED) is 0.861. The van der Waals surface area contributed by atoms with Gasteiger partial charge >= 0.3 is 0 Å². The monoisotopic (exact) mass is 230 g/mol. The number of hydrogen-bond donors (Lipinski definition) is 1. The van der Waals surface area contributed by atoms with Crippen LogP contribution in [-0.2, 0) is 5.92 Å². The molecule has 1 unspecified atom stereocenters. The largest absolute Gasteiger partial charge is 0.496 e. The number of rotatable bonds is 4. The average molecular weight is 230 g/mol. The van der Waals surface area contributed by atoms with Gasteiger partial charge in [-0.3, -0.25) is 0 Å². The fourth-order valence-electron chi connectivity index (χ4n) is 1.48. The van der Waals surface area contributed by atoms with Crippen molar-refractivity contribution in [2.24, 2.45) is 0 Å². The lowest BCUT2D eigenvalue weighted by molar-refractivity contribution is 0.0149. The third kappa shape index (κ3) is 2.70. The van der Waals surface area contributed by atoms with Crippen molar-refractivity contribution in [3.8, 4) is 5.75 Å². The maximum atomic E-state index is 13.3. The van der Waals surface area contributed by atoms with E-state index in [9.17, 15) is 8.78 Å². The van der Waals surface area contributed by atoms with Gasteiger partial charge in [-0.15, -0.1) is 0 Å². The van der Waals surface area contributed by atoms with Gasteiger partial charge in [0.1, 0.15) is 5.75 Å². The summed E-state index contributed by atoms with van der Waals surface area (Å²) in [5.74, 6) is -2.94. The molecule has 4 heteroatoms. The molecule has 0 aliphatic carbocycles. The van der Waals surface area contributed by atoms with E-state index in [1.54, 1.807) is 13.0 Å². The summed E-state index contributed by atoms with van der Waals surface area (Å²) < 4.78 is 31.5. The average Bonchev–Trinajstić information content (AvgIpc) is 2.26. The summed E-state index contributed by atoms with van der Waals surface area (Å²) in [7, 11) is 1.36. The lowest BCUT2D eigenvalue weighted by Crippen LogP contribution is -2.11. The molecule has 0 aliphatic rings. The predicted octanol–water partition coefficient (Wildman–Crippen LogP) is 2.90. The Kier molecular flexibility index (Phi) is 3.86. The number of hydrogen-bond acceptors (Lipinski definition) is 2. The van der Waals surface area contributed by atoms with Crippen LogP contribution < -0.4 is 4.74 Å². The molecular formula is C12H16F2O2. The minimum absolute atomic E-state index is 0.0684. The van der Waals surface area contributed by atoms with Crippen molar-refractivity contribution >= 4 is 0 Å². The Bertz CT molecular complexity index is 359. The van der Waals surface area contributed by atoms with Crippen LogP contribution in [0.15, 0.2) is 18.2 Å². The first kappa shape index (κ1) is 12.9. The minimum atomic E-state index is -2.95. The van der Waals surface area contributed by atoms with Gasteiger partial charge in [0.25, 0.3) is 5.92 Å². The molecule has 0 spiro atoms. The first-order valence-corrected chi connectivity index (χ1v) is 5.07. The zero-order valence-electron chi connectivity index (χ0n) is 9.63. The highest BCUT2D eigenvalue weighted by Crippen LogP contribution is 2.36. The van der Waals surface area contributed by atoms with Gasteiger partial charge in [0.15, 0.2) is 0 Å². The molecule has 1 aromatic carbocycles. The molecule has 0 heterocycles. The van der Waals surface area contributed by atoms with Crippen molar-refractivity contribution in [2.45, 2.75) is 25.7 Å². The van der Waals surface area contributed by atoms with Crippen molar-refractivity contribution in [2.75, 3.05) is 13.7 Å². The minimum Gasteiger partial charge on any atom is -0.496 e. The Labute approximate surface area is 93.9 Å². The van der Waals surface area contributed by atoms with Crippen LogP contribution in [0.4, 0.5) is 8.78 Å². The van der Waals surface area contributed by atoms with Crippen molar-refractivity contribution in [3.05, 3.63) is 29.3 Å². The SMILES string of the molecule is COc1ccc(C(C)CO)cc1C(C)(F)F. The summed E-state index contributed by atoms with van der Waals surface area (Å²) in [5.41, 5.74) is 0.535. The molecule has 0 saturated heterocycles. The molecule has 16 heavy (non-hydrogen) atoms. The number of benzene rings is 1. The highest BCUT2D eigenvalue weighted by molar-refractivity contribution is 5.41.